The van der Waals surface area contributed by atoms with Crippen LogP contribution in [0.25, 0.3) is 0 Å². The topological polar surface area (TPSA) is 20.3 Å². The van der Waals surface area contributed by atoms with E-state index in [2.05, 4.69) is 31.9 Å². The Balaban J connectivity index is 1.90. The smallest absolute Gasteiger partial charge is 0.227 e. The number of alkyl halides is 1. The molecule has 0 bridgehead atoms. The zero-order valence-corrected chi connectivity index (χ0v) is 18.0. The van der Waals surface area contributed by atoms with E-state index in [0.29, 0.717) is 38.7 Å². The van der Waals surface area contributed by atoms with Gasteiger partial charge in [0.05, 0.1) is 15.7 Å². The predicted molar refractivity (Wildman–Crippen MR) is 107 cm³/mol. The van der Waals surface area contributed by atoms with Crippen molar-refractivity contribution >= 4 is 66.7 Å². The molecule has 1 fully saturated rings. The monoisotopic (exact) mass is 525 g/mol. The first kappa shape index (κ1) is 20.1. The molecule has 26 heavy (non-hydrogen) atoms. The van der Waals surface area contributed by atoms with Crippen molar-refractivity contribution in [3.8, 4) is 0 Å². The molecule has 0 saturated carbocycles. The van der Waals surface area contributed by atoms with Crippen molar-refractivity contribution in [2.75, 3.05) is 11.4 Å². The Bertz CT molecular complexity index is 842. The van der Waals surface area contributed by atoms with Crippen molar-refractivity contribution in [3.05, 3.63) is 62.0 Å². The SMILES string of the molecule is O=C1CC[C@H]([C@H](Br)c2ccc(F)cc2F)CN1c1c(Cl)cc(Br)cc1Cl. The van der Waals surface area contributed by atoms with Crippen LogP contribution in [0.3, 0.4) is 0 Å². The first-order chi connectivity index (χ1) is 12.3. The minimum absolute atomic E-state index is 0.0801. The average Bonchev–Trinajstić information content (AvgIpc) is 2.55. The minimum atomic E-state index is -0.625. The van der Waals surface area contributed by atoms with Crippen LogP contribution in [0.4, 0.5) is 14.5 Å². The highest BCUT2D eigenvalue weighted by Crippen LogP contribution is 2.43. The van der Waals surface area contributed by atoms with Crippen molar-refractivity contribution < 1.29 is 13.6 Å². The normalized spacial score (nSPS) is 18.9. The number of benzene rings is 2. The third kappa shape index (κ3) is 4.08. The van der Waals surface area contributed by atoms with Gasteiger partial charge in [-0.25, -0.2) is 8.78 Å². The average molecular weight is 528 g/mol. The molecule has 0 spiro atoms. The highest BCUT2D eigenvalue weighted by Gasteiger charge is 2.34. The van der Waals surface area contributed by atoms with Gasteiger partial charge in [-0.3, -0.25) is 4.79 Å². The molecule has 138 valence electrons. The molecule has 0 unspecified atom stereocenters. The number of rotatable bonds is 3. The molecule has 2 aromatic rings. The lowest BCUT2D eigenvalue weighted by molar-refractivity contribution is -0.120. The number of amides is 1. The third-order valence-electron chi connectivity index (χ3n) is 4.37. The van der Waals surface area contributed by atoms with Gasteiger partial charge in [-0.2, -0.15) is 0 Å². The van der Waals surface area contributed by atoms with Gasteiger partial charge in [0.25, 0.3) is 0 Å². The molecule has 0 aromatic heterocycles. The molecular weight excluding hydrogens is 515 g/mol. The van der Waals surface area contributed by atoms with Gasteiger partial charge in [-0.15, -0.1) is 0 Å². The minimum Gasteiger partial charge on any atom is -0.309 e. The Hall–Kier alpha value is -0.690. The zero-order chi connectivity index (χ0) is 19.0. The number of anilines is 1. The molecule has 1 aliphatic heterocycles. The van der Waals surface area contributed by atoms with Crippen LogP contribution >= 0.6 is 55.1 Å². The lowest BCUT2D eigenvalue weighted by Gasteiger charge is -2.36. The van der Waals surface area contributed by atoms with E-state index in [-0.39, 0.29) is 23.1 Å². The number of hydrogen-bond acceptors (Lipinski definition) is 1. The first-order valence-corrected chi connectivity index (χ1v) is 10.3. The summed E-state index contributed by atoms with van der Waals surface area (Å²) in [6.07, 6.45) is 0.867. The molecule has 0 aliphatic carbocycles. The molecule has 1 amide bonds. The molecule has 0 radical (unpaired) electrons. The van der Waals surface area contributed by atoms with Gasteiger partial charge in [-0.1, -0.05) is 61.1 Å². The fourth-order valence-corrected chi connectivity index (χ4v) is 5.31. The summed E-state index contributed by atoms with van der Waals surface area (Å²) in [7, 11) is 0. The summed E-state index contributed by atoms with van der Waals surface area (Å²) in [5.41, 5.74) is 0.809. The zero-order valence-electron chi connectivity index (χ0n) is 13.3. The fourth-order valence-electron chi connectivity index (χ4n) is 3.10. The first-order valence-electron chi connectivity index (χ1n) is 7.82. The standard InChI is InChI=1S/C18H13Br2Cl2F2NO/c19-10-5-13(21)18(14(22)6-10)25-8-9(1-4-16(25)26)17(20)12-3-2-11(23)7-15(12)24/h2-3,5-7,9,17H,1,4,8H2/t9-,17-/m0/s1. The molecule has 2 aromatic carbocycles. The Morgan fingerprint density at radius 2 is 1.81 bits per heavy atom. The number of nitrogens with zero attached hydrogens (tertiary/aromatic N) is 1. The van der Waals surface area contributed by atoms with E-state index in [4.69, 9.17) is 23.2 Å². The third-order valence-corrected chi connectivity index (χ3v) is 6.65. The predicted octanol–water partition coefficient (Wildman–Crippen LogP) is 6.91. The van der Waals surface area contributed by atoms with Crippen LogP contribution in [0.5, 0.6) is 0 Å². The number of carbonyl (C=O) groups is 1. The van der Waals surface area contributed by atoms with Crippen LogP contribution in [0.15, 0.2) is 34.8 Å². The van der Waals surface area contributed by atoms with E-state index in [1.807, 2.05) is 0 Å². The lowest BCUT2D eigenvalue weighted by atomic mass is 9.90. The molecule has 1 saturated heterocycles. The van der Waals surface area contributed by atoms with Gasteiger partial charge in [0.2, 0.25) is 5.91 Å². The van der Waals surface area contributed by atoms with Crippen LogP contribution in [0, 0.1) is 17.6 Å². The van der Waals surface area contributed by atoms with Crippen LogP contribution in [0.2, 0.25) is 10.0 Å². The second kappa shape index (κ2) is 8.13. The van der Waals surface area contributed by atoms with Gasteiger partial charge in [0.1, 0.15) is 11.6 Å². The van der Waals surface area contributed by atoms with E-state index in [9.17, 15) is 13.6 Å². The van der Waals surface area contributed by atoms with E-state index in [0.717, 1.165) is 6.07 Å². The van der Waals surface area contributed by atoms with Gasteiger partial charge >= 0.3 is 0 Å². The Morgan fingerprint density at radius 1 is 1.15 bits per heavy atom. The molecule has 8 heteroatoms. The van der Waals surface area contributed by atoms with E-state index >= 15 is 0 Å². The second-order valence-corrected chi connectivity index (χ2v) is 8.81. The van der Waals surface area contributed by atoms with Crippen LogP contribution in [-0.4, -0.2) is 12.5 Å². The summed E-state index contributed by atoms with van der Waals surface area (Å²) < 4.78 is 28.0. The van der Waals surface area contributed by atoms with Crippen molar-refractivity contribution in [1.82, 2.24) is 0 Å². The molecule has 2 nitrogen and oxygen atoms in total. The molecular formula is C18H13Br2Cl2F2NO. The fraction of sp³-hybridized carbons (Fsp3) is 0.278. The van der Waals surface area contributed by atoms with E-state index in [1.165, 1.54) is 12.1 Å². The van der Waals surface area contributed by atoms with E-state index < -0.39 is 11.6 Å². The number of hydrogen-bond donors (Lipinski definition) is 0. The molecule has 1 heterocycles. The summed E-state index contributed by atoms with van der Waals surface area (Å²) in [5.74, 6) is -1.41. The maximum Gasteiger partial charge on any atom is 0.227 e. The Morgan fingerprint density at radius 3 is 2.42 bits per heavy atom. The van der Waals surface area contributed by atoms with Crippen LogP contribution in [0.1, 0.15) is 23.2 Å². The largest absolute Gasteiger partial charge is 0.309 e. The number of halogens is 6. The van der Waals surface area contributed by atoms with Crippen molar-refractivity contribution in [3.63, 3.8) is 0 Å². The summed E-state index contributed by atoms with van der Waals surface area (Å²) in [5, 5.41) is 0.718. The highest BCUT2D eigenvalue weighted by atomic mass is 79.9. The van der Waals surface area contributed by atoms with Gasteiger partial charge < -0.3 is 4.90 Å². The summed E-state index contributed by atoms with van der Waals surface area (Å²) in [6, 6.07) is 6.85. The van der Waals surface area contributed by atoms with Crippen molar-refractivity contribution in [1.29, 1.82) is 0 Å². The molecule has 2 atom stereocenters. The van der Waals surface area contributed by atoms with Crippen molar-refractivity contribution in [2.24, 2.45) is 5.92 Å². The number of carbonyl (C=O) groups excluding carboxylic acids is 1. The Labute approximate surface area is 176 Å². The lowest BCUT2D eigenvalue weighted by Crippen LogP contribution is -2.41. The van der Waals surface area contributed by atoms with Gasteiger partial charge in [-0.05, 0) is 30.5 Å². The molecule has 3 rings (SSSR count). The van der Waals surface area contributed by atoms with Crippen molar-refractivity contribution in [2.45, 2.75) is 17.7 Å². The van der Waals surface area contributed by atoms with Gasteiger partial charge in [0.15, 0.2) is 0 Å². The second-order valence-electron chi connectivity index (χ2n) is 6.09. The highest BCUT2D eigenvalue weighted by molar-refractivity contribution is 9.10. The number of piperidine rings is 1. The summed E-state index contributed by atoms with van der Waals surface area (Å²) in [4.78, 5) is 13.6. The Kier molecular flexibility index (Phi) is 6.27. The summed E-state index contributed by atoms with van der Waals surface area (Å²) in [6.45, 7) is 0.326. The summed E-state index contributed by atoms with van der Waals surface area (Å²) >= 11 is 19.4. The quantitative estimate of drug-likeness (QED) is 0.397. The van der Waals surface area contributed by atoms with Crippen LogP contribution < -0.4 is 4.90 Å². The maximum absolute atomic E-state index is 14.1. The van der Waals surface area contributed by atoms with Gasteiger partial charge in [0, 0.05) is 33.9 Å². The molecule has 0 N–H and O–H groups in total. The molecule has 1 aliphatic rings. The van der Waals surface area contributed by atoms with Crippen LogP contribution in [-0.2, 0) is 4.79 Å². The maximum atomic E-state index is 14.1. The van der Waals surface area contributed by atoms with E-state index in [1.54, 1.807) is 17.0 Å².